The van der Waals surface area contributed by atoms with Gasteiger partial charge < -0.3 is 20.3 Å². The minimum Gasteiger partial charge on any atom is -0.489 e. The summed E-state index contributed by atoms with van der Waals surface area (Å²) in [5.41, 5.74) is 0.472. The molecule has 0 amide bonds. The highest BCUT2D eigenvalue weighted by atomic mass is 16.5. The molecular formula is C10H9NO5. The molecule has 6 heteroatoms. The number of carboxylic acids is 2. The van der Waals surface area contributed by atoms with Crippen LogP contribution in [0.1, 0.15) is 10.4 Å². The number of carboxylic acid groups (broad SMARTS) is 2. The van der Waals surface area contributed by atoms with Crippen molar-refractivity contribution < 1.29 is 24.5 Å². The van der Waals surface area contributed by atoms with Crippen LogP contribution in [0.25, 0.3) is 0 Å². The van der Waals surface area contributed by atoms with Gasteiger partial charge in [-0.25, -0.2) is 9.59 Å². The number of ether oxygens (including phenoxy) is 1. The topological polar surface area (TPSA) is 95.9 Å². The lowest BCUT2D eigenvalue weighted by Crippen LogP contribution is -2.38. The molecule has 1 unspecified atom stereocenters. The van der Waals surface area contributed by atoms with Gasteiger partial charge in [0.25, 0.3) is 0 Å². The van der Waals surface area contributed by atoms with Crippen molar-refractivity contribution in [2.24, 2.45) is 0 Å². The Morgan fingerprint density at radius 1 is 1.38 bits per heavy atom. The summed E-state index contributed by atoms with van der Waals surface area (Å²) in [7, 11) is 0. The largest absolute Gasteiger partial charge is 0.489 e. The van der Waals surface area contributed by atoms with Gasteiger partial charge in [0.15, 0.2) is 6.04 Å². The molecule has 0 saturated carbocycles. The second-order valence-electron chi connectivity index (χ2n) is 3.36. The minimum atomic E-state index is -1.07. The standard InChI is InChI=1S/C10H9NO5/c12-9(13)5-1-2-8-6(3-5)11-7(4-16-8)10(14)15/h1-3,7,11H,4H2,(H,12,13)(H,14,15). The molecule has 16 heavy (non-hydrogen) atoms. The first-order valence-electron chi connectivity index (χ1n) is 4.57. The number of nitrogens with one attached hydrogen (secondary N) is 1. The van der Waals surface area contributed by atoms with Crippen LogP contribution in [-0.4, -0.2) is 34.8 Å². The van der Waals surface area contributed by atoms with E-state index in [1.165, 1.54) is 18.2 Å². The van der Waals surface area contributed by atoms with Crippen LogP contribution in [0.3, 0.4) is 0 Å². The quantitative estimate of drug-likeness (QED) is 0.681. The summed E-state index contributed by atoms with van der Waals surface area (Å²) in [4.78, 5) is 21.4. The molecule has 0 aliphatic carbocycles. The fourth-order valence-electron chi connectivity index (χ4n) is 1.44. The fraction of sp³-hybridized carbons (Fsp3) is 0.200. The van der Waals surface area contributed by atoms with Crippen molar-refractivity contribution in [3.8, 4) is 5.75 Å². The smallest absolute Gasteiger partial charge is 0.335 e. The van der Waals surface area contributed by atoms with E-state index in [0.29, 0.717) is 11.4 Å². The minimum absolute atomic E-state index is 0.0226. The Kier molecular flexibility index (Phi) is 2.40. The summed E-state index contributed by atoms with van der Waals surface area (Å²) in [5, 5.41) is 20.3. The predicted molar refractivity (Wildman–Crippen MR) is 53.9 cm³/mol. The first kappa shape index (κ1) is 10.3. The summed E-state index contributed by atoms with van der Waals surface area (Å²) in [6.07, 6.45) is 0. The number of fused-ring (bicyclic) bond motifs is 1. The van der Waals surface area contributed by atoms with E-state index < -0.39 is 18.0 Å². The van der Waals surface area contributed by atoms with Crippen LogP contribution in [0, 0.1) is 0 Å². The van der Waals surface area contributed by atoms with Crippen molar-refractivity contribution in [3.63, 3.8) is 0 Å². The number of hydrogen-bond acceptors (Lipinski definition) is 4. The third kappa shape index (κ3) is 1.77. The number of anilines is 1. The molecule has 84 valence electrons. The Morgan fingerprint density at radius 2 is 2.12 bits per heavy atom. The maximum absolute atomic E-state index is 10.7. The van der Waals surface area contributed by atoms with Crippen LogP contribution in [0.5, 0.6) is 5.75 Å². The van der Waals surface area contributed by atoms with E-state index >= 15 is 0 Å². The lowest BCUT2D eigenvalue weighted by atomic mass is 10.1. The van der Waals surface area contributed by atoms with E-state index in [2.05, 4.69) is 5.32 Å². The van der Waals surface area contributed by atoms with Crippen molar-refractivity contribution >= 4 is 17.6 Å². The van der Waals surface area contributed by atoms with Crippen LogP contribution >= 0.6 is 0 Å². The van der Waals surface area contributed by atoms with Gasteiger partial charge in [0.1, 0.15) is 12.4 Å². The van der Waals surface area contributed by atoms with Gasteiger partial charge in [-0.15, -0.1) is 0 Å². The Balaban J connectivity index is 2.32. The Labute approximate surface area is 90.5 Å². The molecule has 0 saturated heterocycles. The molecule has 1 aliphatic heterocycles. The van der Waals surface area contributed by atoms with Crippen molar-refractivity contribution in [1.29, 1.82) is 0 Å². The zero-order valence-corrected chi connectivity index (χ0v) is 8.14. The van der Waals surface area contributed by atoms with Crippen LogP contribution in [0.4, 0.5) is 5.69 Å². The van der Waals surface area contributed by atoms with E-state index in [9.17, 15) is 9.59 Å². The highest BCUT2D eigenvalue weighted by Gasteiger charge is 2.25. The molecule has 1 aromatic rings. The van der Waals surface area contributed by atoms with Gasteiger partial charge in [-0.1, -0.05) is 0 Å². The number of benzene rings is 1. The number of aromatic carboxylic acids is 1. The van der Waals surface area contributed by atoms with Crippen LogP contribution in [-0.2, 0) is 4.79 Å². The van der Waals surface area contributed by atoms with Crippen LogP contribution < -0.4 is 10.1 Å². The number of aliphatic carboxylic acids is 1. The molecule has 2 rings (SSSR count). The van der Waals surface area contributed by atoms with Crippen molar-refractivity contribution in [2.45, 2.75) is 6.04 Å². The Morgan fingerprint density at radius 3 is 2.75 bits per heavy atom. The molecule has 3 N–H and O–H groups in total. The number of rotatable bonds is 2. The van der Waals surface area contributed by atoms with Gasteiger partial charge in [0.2, 0.25) is 0 Å². The highest BCUT2D eigenvalue weighted by molar-refractivity contribution is 5.90. The summed E-state index contributed by atoms with van der Waals surface area (Å²) in [6, 6.07) is 3.41. The maximum Gasteiger partial charge on any atom is 0.335 e. The van der Waals surface area contributed by atoms with Gasteiger partial charge in [-0.3, -0.25) is 0 Å². The summed E-state index contributed by atoms with van der Waals surface area (Å²) in [5.74, 6) is -1.64. The molecule has 0 aromatic heterocycles. The van der Waals surface area contributed by atoms with E-state index in [1.54, 1.807) is 0 Å². The number of hydrogen-bond donors (Lipinski definition) is 3. The predicted octanol–water partition coefficient (Wildman–Crippen LogP) is 0.642. The van der Waals surface area contributed by atoms with Crippen molar-refractivity contribution in [3.05, 3.63) is 23.8 Å². The van der Waals surface area contributed by atoms with Crippen LogP contribution in [0.2, 0.25) is 0 Å². The molecule has 1 heterocycles. The normalized spacial score (nSPS) is 17.9. The first-order chi connectivity index (χ1) is 7.58. The lowest BCUT2D eigenvalue weighted by Gasteiger charge is -2.24. The summed E-state index contributed by atoms with van der Waals surface area (Å²) >= 11 is 0. The summed E-state index contributed by atoms with van der Waals surface area (Å²) in [6.45, 7) is 0.0226. The van der Waals surface area contributed by atoms with Gasteiger partial charge >= 0.3 is 11.9 Å². The molecule has 1 aromatic carbocycles. The third-order valence-electron chi connectivity index (χ3n) is 2.26. The molecule has 1 atom stereocenters. The number of carbonyl (C=O) groups is 2. The van der Waals surface area contributed by atoms with Crippen molar-refractivity contribution in [2.75, 3.05) is 11.9 Å². The van der Waals surface area contributed by atoms with E-state index in [4.69, 9.17) is 14.9 Å². The van der Waals surface area contributed by atoms with Gasteiger partial charge in [-0.2, -0.15) is 0 Å². The zero-order chi connectivity index (χ0) is 11.7. The van der Waals surface area contributed by atoms with E-state index in [-0.39, 0.29) is 12.2 Å². The molecule has 6 nitrogen and oxygen atoms in total. The van der Waals surface area contributed by atoms with E-state index in [0.717, 1.165) is 0 Å². The fourth-order valence-corrected chi connectivity index (χ4v) is 1.44. The van der Waals surface area contributed by atoms with Crippen LogP contribution in [0.15, 0.2) is 18.2 Å². The molecule has 1 aliphatic rings. The first-order valence-corrected chi connectivity index (χ1v) is 4.57. The Bertz CT molecular complexity index is 457. The molecule has 0 spiro atoms. The Hall–Kier alpha value is -2.24. The van der Waals surface area contributed by atoms with Gasteiger partial charge in [0, 0.05) is 0 Å². The SMILES string of the molecule is O=C(O)c1ccc2c(c1)NC(C(=O)O)CO2. The van der Waals surface area contributed by atoms with E-state index in [1.807, 2.05) is 0 Å². The average Bonchev–Trinajstić information content (AvgIpc) is 2.27. The monoisotopic (exact) mass is 223 g/mol. The third-order valence-corrected chi connectivity index (χ3v) is 2.26. The second kappa shape index (κ2) is 3.73. The maximum atomic E-state index is 10.7. The van der Waals surface area contributed by atoms with Gasteiger partial charge in [-0.05, 0) is 18.2 Å². The highest BCUT2D eigenvalue weighted by Crippen LogP contribution is 2.29. The molecular weight excluding hydrogens is 214 g/mol. The zero-order valence-electron chi connectivity index (χ0n) is 8.14. The van der Waals surface area contributed by atoms with Crippen molar-refractivity contribution in [1.82, 2.24) is 0 Å². The molecule has 0 radical (unpaired) electrons. The summed E-state index contributed by atoms with van der Waals surface area (Å²) < 4.78 is 5.20. The molecule has 0 fully saturated rings. The molecule has 0 bridgehead atoms. The van der Waals surface area contributed by atoms with Gasteiger partial charge in [0.05, 0.1) is 11.3 Å². The average molecular weight is 223 g/mol. The lowest BCUT2D eigenvalue weighted by molar-refractivity contribution is -0.138. The second-order valence-corrected chi connectivity index (χ2v) is 3.36.